The second-order valence-electron chi connectivity index (χ2n) is 5.39. The second-order valence-corrected chi connectivity index (χ2v) is 7.40. The van der Waals surface area contributed by atoms with Gasteiger partial charge in [0.25, 0.3) is 0 Å². The fourth-order valence-electron chi connectivity index (χ4n) is 1.46. The first-order chi connectivity index (χ1) is 8.53. The van der Waals surface area contributed by atoms with E-state index in [2.05, 4.69) is 6.58 Å². The molecule has 112 valence electrons. The Kier molecular flexibility index (Phi) is 6.72. The Morgan fingerprint density at radius 1 is 1.32 bits per heavy atom. The van der Waals surface area contributed by atoms with Crippen LogP contribution in [-0.2, 0) is 14.9 Å². The summed E-state index contributed by atoms with van der Waals surface area (Å²) in [5, 5.41) is 0. The van der Waals surface area contributed by atoms with E-state index in [0.717, 1.165) is 12.8 Å². The number of hydrogen-bond acceptors (Lipinski definition) is 4. The van der Waals surface area contributed by atoms with E-state index in [1.807, 2.05) is 6.92 Å². The third kappa shape index (κ3) is 5.74. The molecule has 0 rings (SSSR count). The van der Waals surface area contributed by atoms with Crippen LogP contribution < -0.4 is 0 Å². The number of rotatable bonds is 8. The van der Waals surface area contributed by atoms with Gasteiger partial charge in [-0.05, 0) is 33.6 Å². The van der Waals surface area contributed by atoms with Crippen LogP contribution in [0.4, 0.5) is 0 Å². The Morgan fingerprint density at radius 3 is 2.21 bits per heavy atom. The van der Waals surface area contributed by atoms with Crippen molar-refractivity contribution in [2.24, 2.45) is 0 Å². The van der Waals surface area contributed by atoms with Gasteiger partial charge in [0.2, 0.25) is 5.91 Å². The van der Waals surface area contributed by atoms with Crippen molar-refractivity contribution in [3.63, 3.8) is 0 Å². The van der Waals surface area contributed by atoms with Gasteiger partial charge in [-0.25, -0.2) is 8.42 Å². The topological polar surface area (TPSA) is 77.5 Å². The smallest absolute Gasteiger partial charge is 0.248 e. The van der Waals surface area contributed by atoms with Crippen LogP contribution >= 0.6 is 0 Å². The van der Waals surface area contributed by atoms with E-state index in [9.17, 15) is 17.8 Å². The number of hydrogen-bond donors (Lipinski definition) is 0. The van der Waals surface area contributed by atoms with Gasteiger partial charge < -0.3 is 9.45 Å². The molecule has 0 saturated carbocycles. The minimum atomic E-state index is -4.37. The van der Waals surface area contributed by atoms with Gasteiger partial charge in [-0.3, -0.25) is 4.79 Å². The van der Waals surface area contributed by atoms with Gasteiger partial charge in [-0.1, -0.05) is 19.9 Å². The molecular weight excluding hydrogens is 266 g/mol. The monoisotopic (exact) mass is 290 g/mol. The summed E-state index contributed by atoms with van der Waals surface area (Å²) < 4.78 is 32.0. The normalized spacial score (nSPS) is 12.3. The second kappa shape index (κ2) is 7.05. The van der Waals surface area contributed by atoms with Crippen LogP contribution in [0.3, 0.4) is 0 Å². The number of unbranched alkanes of at least 4 members (excludes halogenated alkanes) is 1. The summed E-state index contributed by atoms with van der Waals surface area (Å²) in [7, 11) is -4.37. The lowest BCUT2D eigenvalue weighted by atomic mass is 10.1. The molecule has 0 unspecified atom stereocenters. The maximum atomic E-state index is 11.9. The van der Waals surface area contributed by atoms with Gasteiger partial charge in [-0.15, -0.1) is 0 Å². The van der Waals surface area contributed by atoms with Crippen LogP contribution in [0.25, 0.3) is 0 Å². The minimum Gasteiger partial charge on any atom is -0.748 e. The summed E-state index contributed by atoms with van der Waals surface area (Å²) in [6, 6.07) is 0. The van der Waals surface area contributed by atoms with Crippen molar-refractivity contribution in [2.45, 2.75) is 51.7 Å². The average Bonchev–Trinajstić information content (AvgIpc) is 2.26. The van der Waals surface area contributed by atoms with Crippen molar-refractivity contribution in [3.05, 3.63) is 12.2 Å². The molecule has 0 aliphatic heterocycles. The summed E-state index contributed by atoms with van der Waals surface area (Å²) in [6.07, 6.45) is 1.90. The van der Waals surface area contributed by atoms with Crippen molar-refractivity contribution in [1.29, 1.82) is 0 Å². The van der Waals surface area contributed by atoms with Crippen molar-refractivity contribution >= 4 is 16.0 Å². The Balaban J connectivity index is 4.76. The fraction of sp³-hybridized carbons (Fsp3) is 0.769. The molecule has 0 aliphatic rings. The molecular formula is C13H24NO4S-. The predicted molar refractivity (Wildman–Crippen MR) is 74.7 cm³/mol. The van der Waals surface area contributed by atoms with E-state index in [0.29, 0.717) is 12.1 Å². The Hall–Kier alpha value is -0.880. The molecule has 0 radical (unpaired) electrons. The highest BCUT2D eigenvalue weighted by molar-refractivity contribution is 7.87. The summed E-state index contributed by atoms with van der Waals surface area (Å²) in [4.78, 5) is 13.5. The fourth-order valence-corrected chi connectivity index (χ4v) is 1.80. The maximum absolute atomic E-state index is 11.9. The quantitative estimate of drug-likeness (QED) is 0.505. The highest BCUT2D eigenvalue weighted by Crippen LogP contribution is 2.20. The molecule has 5 nitrogen and oxygen atoms in total. The number of carbonyl (C=O) groups excluding carboxylic acids is 1. The lowest BCUT2D eigenvalue weighted by molar-refractivity contribution is -0.127. The lowest BCUT2D eigenvalue weighted by Gasteiger charge is -2.31. The first-order valence-corrected chi connectivity index (χ1v) is 7.84. The number of amides is 1. The zero-order valence-corrected chi connectivity index (χ0v) is 13.0. The molecule has 1 amide bonds. The van der Waals surface area contributed by atoms with E-state index in [1.165, 1.54) is 13.8 Å². The summed E-state index contributed by atoms with van der Waals surface area (Å²) >= 11 is 0. The summed E-state index contributed by atoms with van der Waals surface area (Å²) in [5.74, 6) is -0.187. The number of carbonyl (C=O) groups is 1. The Morgan fingerprint density at radius 2 is 1.84 bits per heavy atom. The van der Waals surface area contributed by atoms with Gasteiger partial charge in [0, 0.05) is 18.7 Å². The van der Waals surface area contributed by atoms with E-state index >= 15 is 0 Å². The molecule has 0 spiro atoms. The van der Waals surface area contributed by atoms with Crippen LogP contribution in [-0.4, -0.2) is 41.6 Å². The standard InChI is InChI=1S/C13H25NO4S/c1-6-7-9-14(12(15)11(2)3)10-8-13(4,5)19(16,17)18/h2,6-10H2,1,3-5H3,(H,16,17,18)/p-1. The van der Waals surface area contributed by atoms with E-state index in [1.54, 1.807) is 11.8 Å². The van der Waals surface area contributed by atoms with E-state index in [-0.39, 0.29) is 18.9 Å². The molecule has 0 aromatic carbocycles. The zero-order valence-electron chi connectivity index (χ0n) is 12.2. The minimum absolute atomic E-state index is 0.127. The van der Waals surface area contributed by atoms with E-state index in [4.69, 9.17) is 0 Å². The van der Waals surface area contributed by atoms with Crippen LogP contribution in [0.5, 0.6) is 0 Å². The Bertz CT molecular complexity index is 426. The van der Waals surface area contributed by atoms with Gasteiger partial charge in [0.1, 0.15) is 0 Å². The van der Waals surface area contributed by atoms with Crippen LogP contribution in [0, 0.1) is 0 Å². The van der Waals surface area contributed by atoms with Gasteiger partial charge in [0.05, 0.1) is 14.9 Å². The molecule has 0 N–H and O–H groups in total. The van der Waals surface area contributed by atoms with Crippen LogP contribution in [0.2, 0.25) is 0 Å². The molecule has 0 heterocycles. The highest BCUT2D eigenvalue weighted by atomic mass is 32.2. The Labute approximate surface area is 116 Å². The average molecular weight is 290 g/mol. The molecule has 0 atom stereocenters. The molecule has 0 aromatic rings. The van der Waals surface area contributed by atoms with Crippen molar-refractivity contribution in [3.8, 4) is 0 Å². The molecule has 0 bridgehead atoms. The lowest BCUT2D eigenvalue weighted by Crippen LogP contribution is -2.40. The molecule has 6 heteroatoms. The van der Waals surface area contributed by atoms with Crippen LogP contribution in [0.1, 0.15) is 47.0 Å². The van der Waals surface area contributed by atoms with Crippen molar-refractivity contribution in [2.75, 3.05) is 13.1 Å². The number of nitrogens with zero attached hydrogens (tertiary/aromatic N) is 1. The molecule has 19 heavy (non-hydrogen) atoms. The first kappa shape index (κ1) is 18.1. The third-order valence-electron chi connectivity index (χ3n) is 3.09. The first-order valence-electron chi connectivity index (χ1n) is 6.43. The van der Waals surface area contributed by atoms with E-state index < -0.39 is 14.9 Å². The maximum Gasteiger partial charge on any atom is 0.248 e. The van der Waals surface area contributed by atoms with Gasteiger partial charge >= 0.3 is 0 Å². The summed E-state index contributed by atoms with van der Waals surface area (Å²) in [5.41, 5.74) is 0.416. The SMILES string of the molecule is C=C(C)C(=O)N(CCCC)CCC(C)(C)S(=O)(=O)[O-]. The third-order valence-corrected chi connectivity index (χ3v) is 4.65. The predicted octanol–water partition coefficient (Wildman–Crippen LogP) is 1.91. The summed E-state index contributed by atoms with van der Waals surface area (Å²) in [6.45, 7) is 10.8. The van der Waals surface area contributed by atoms with Crippen molar-refractivity contribution < 1.29 is 17.8 Å². The molecule has 0 saturated heterocycles. The van der Waals surface area contributed by atoms with Crippen molar-refractivity contribution in [1.82, 2.24) is 4.90 Å². The largest absolute Gasteiger partial charge is 0.748 e. The zero-order chi connectivity index (χ0) is 15.3. The molecule has 0 aromatic heterocycles. The molecule has 0 fully saturated rings. The van der Waals surface area contributed by atoms with Crippen LogP contribution in [0.15, 0.2) is 12.2 Å². The van der Waals surface area contributed by atoms with Gasteiger partial charge in [0.15, 0.2) is 0 Å². The van der Waals surface area contributed by atoms with Gasteiger partial charge in [-0.2, -0.15) is 0 Å². The molecule has 0 aliphatic carbocycles. The highest BCUT2D eigenvalue weighted by Gasteiger charge is 2.27.